The lowest BCUT2D eigenvalue weighted by atomic mass is 10.2. The predicted molar refractivity (Wildman–Crippen MR) is 36.9 cm³/mol. The maximum atomic E-state index is 10.6. The second kappa shape index (κ2) is 4.09. The van der Waals surface area contributed by atoms with Crippen LogP contribution in [0.4, 0.5) is 0 Å². The molecule has 0 aliphatic carbocycles. The second-order valence-corrected chi connectivity index (χ2v) is 1.72. The van der Waals surface area contributed by atoms with Crippen molar-refractivity contribution in [2.45, 2.75) is 6.42 Å². The Balaban J connectivity index is 3.60. The summed E-state index contributed by atoms with van der Waals surface area (Å²) in [5, 5.41) is 2.46. The van der Waals surface area contributed by atoms with Crippen LogP contribution in [0.5, 0.6) is 0 Å². The summed E-state index contributed by atoms with van der Waals surface area (Å²) in [5.74, 6) is -0.125. The normalized spacial score (nSPS) is 8.67. The molecule has 0 unspecified atom stereocenters. The molecule has 0 rings (SSSR count). The Bertz CT molecular complexity index is 120. The number of nitrogens with one attached hydrogen (secondary N) is 1. The highest BCUT2D eigenvalue weighted by Gasteiger charge is 2.00. The molecule has 0 saturated heterocycles. The van der Waals surface area contributed by atoms with E-state index in [1.807, 2.05) is 0 Å². The van der Waals surface area contributed by atoms with Gasteiger partial charge in [0.25, 0.3) is 0 Å². The van der Waals surface area contributed by atoms with Crippen LogP contribution in [0.1, 0.15) is 6.42 Å². The van der Waals surface area contributed by atoms with Gasteiger partial charge in [0.1, 0.15) is 0 Å². The first-order valence-corrected chi connectivity index (χ1v) is 2.82. The summed E-state index contributed by atoms with van der Waals surface area (Å²) in [4.78, 5) is 10.6. The van der Waals surface area contributed by atoms with Crippen LogP contribution in [-0.2, 0) is 4.79 Å². The van der Waals surface area contributed by atoms with Gasteiger partial charge in [-0.25, -0.2) is 0 Å². The highest BCUT2D eigenvalue weighted by atomic mass is 16.1. The van der Waals surface area contributed by atoms with Crippen molar-refractivity contribution in [3.8, 4) is 0 Å². The molecule has 0 aliphatic heterocycles. The van der Waals surface area contributed by atoms with Crippen LogP contribution in [0, 0.1) is 0 Å². The summed E-state index contributed by atoms with van der Waals surface area (Å²) in [5.41, 5.74) is 5.72. The van der Waals surface area contributed by atoms with E-state index in [4.69, 9.17) is 5.73 Å². The largest absolute Gasteiger partial charge is 0.355 e. The SMILES string of the molecule is C=C(CCN)C(=O)NC. The molecule has 0 fully saturated rings. The third-order valence-electron chi connectivity index (χ3n) is 0.994. The van der Waals surface area contributed by atoms with Gasteiger partial charge in [-0.05, 0) is 13.0 Å². The van der Waals surface area contributed by atoms with Crippen molar-refractivity contribution in [2.75, 3.05) is 13.6 Å². The van der Waals surface area contributed by atoms with E-state index in [1.54, 1.807) is 7.05 Å². The monoisotopic (exact) mass is 128 g/mol. The lowest BCUT2D eigenvalue weighted by molar-refractivity contribution is -0.117. The van der Waals surface area contributed by atoms with Crippen LogP contribution in [-0.4, -0.2) is 19.5 Å². The summed E-state index contributed by atoms with van der Waals surface area (Å²) in [6.07, 6.45) is 0.569. The van der Waals surface area contributed by atoms with E-state index in [0.717, 1.165) is 0 Å². The topological polar surface area (TPSA) is 55.1 Å². The highest BCUT2D eigenvalue weighted by molar-refractivity contribution is 5.92. The Morgan fingerprint density at radius 2 is 2.33 bits per heavy atom. The van der Waals surface area contributed by atoms with Gasteiger partial charge in [0, 0.05) is 12.6 Å². The van der Waals surface area contributed by atoms with Crippen molar-refractivity contribution in [2.24, 2.45) is 5.73 Å². The number of nitrogens with two attached hydrogens (primary N) is 1. The molecule has 3 N–H and O–H groups in total. The van der Waals surface area contributed by atoms with Crippen molar-refractivity contribution in [1.29, 1.82) is 0 Å². The minimum Gasteiger partial charge on any atom is -0.355 e. The zero-order valence-corrected chi connectivity index (χ0v) is 5.61. The van der Waals surface area contributed by atoms with Crippen LogP contribution in [0.15, 0.2) is 12.2 Å². The van der Waals surface area contributed by atoms with Crippen molar-refractivity contribution >= 4 is 5.91 Å². The molecule has 52 valence electrons. The average molecular weight is 128 g/mol. The fourth-order valence-electron chi connectivity index (χ4n) is 0.465. The van der Waals surface area contributed by atoms with Crippen LogP contribution >= 0.6 is 0 Å². The van der Waals surface area contributed by atoms with Crippen molar-refractivity contribution in [3.05, 3.63) is 12.2 Å². The Kier molecular flexibility index (Phi) is 3.71. The molecule has 9 heavy (non-hydrogen) atoms. The Hall–Kier alpha value is -0.830. The smallest absolute Gasteiger partial charge is 0.246 e. The van der Waals surface area contributed by atoms with Crippen LogP contribution < -0.4 is 11.1 Å². The molecule has 0 aliphatic rings. The number of carbonyl (C=O) groups excluding carboxylic acids is 1. The first-order valence-electron chi connectivity index (χ1n) is 2.82. The summed E-state index contributed by atoms with van der Waals surface area (Å²) >= 11 is 0. The van der Waals surface area contributed by atoms with Crippen LogP contribution in [0.2, 0.25) is 0 Å². The lowest BCUT2D eigenvalue weighted by Crippen LogP contribution is -2.20. The van der Waals surface area contributed by atoms with Crippen molar-refractivity contribution < 1.29 is 4.79 Å². The molecular weight excluding hydrogens is 116 g/mol. The van der Waals surface area contributed by atoms with Crippen molar-refractivity contribution in [1.82, 2.24) is 5.32 Å². The standard InChI is InChI=1S/C6H12N2O/c1-5(3-4-7)6(9)8-2/h1,3-4,7H2,2H3,(H,8,9). The molecule has 0 bridgehead atoms. The Labute approximate surface area is 54.9 Å². The first kappa shape index (κ1) is 8.17. The fraction of sp³-hybridized carbons (Fsp3) is 0.500. The zero-order valence-electron chi connectivity index (χ0n) is 5.61. The van der Waals surface area contributed by atoms with Gasteiger partial charge in [-0.2, -0.15) is 0 Å². The van der Waals surface area contributed by atoms with Gasteiger partial charge in [-0.15, -0.1) is 0 Å². The van der Waals surface area contributed by atoms with E-state index in [9.17, 15) is 4.79 Å². The summed E-state index contributed by atoms with van der Waals surface area (Å²) in [6.45, 7) is 4.00. The molecular formula is C6H12N2O. The maximum Gasteiger partial charge on any atom is 0.246 e. The van der Waals surface area contributed by atoms with E-state index in [1.165, 1.54) is 0 Å². The number of amides is 1. The average Bonchev–Trinajstić information content (AvgIpc) is 1.87. The Morgan fingerprint density at radius 1 is 1.78 bits per heavy atom. The van der Waals surface area contributed by atoms with Gasteiger partial charge in [-0.3, -0.25) is 4.79 Å². The van der Waals surface area contributed by atoms with Crippen LogP contribution in [0.25, 0.3) is 0 Å². The quantitative estimate of drug-likeness (QED) is 0.510. The minimum absolute atomic E-state index is 0.125. The number of rotatable bonds is 3. The number of carbonyl (C=O) groups is 1. The third-order valence-corrected chi connectivity index (χ3v) is 0.994. The molecule has 0 aromatic rings. The number of likely N-dealkylation sites (N-methyl/N-ethyl adjacent to an activating group) is 1. The highest BCUT2D eigenvalue weighted by Crippen LogP contribution is 1.93. The molecule has 0 atom stereocenters. The molecule has 3 heteroatoms. The minimum atomic E-state index is -0.125. The molecule has 0 heterocycles. The molecule has 0 saturated carbocycles. The number of hydrogen-bond acceptors (Lipinski definition) is 2. The van der Waals surface area contributed by atoms with Gasteiger partial charge >= 0.3 is 0 Å². The summed E-state index contributed by atoms with van der Waals surface area (Å²) < 4.78 is 0. The predicted octanol–water partition coefficient (Wildman–Crippen LogP) is -0.363. The summed E-state index contributed by atoms with van der Waals surface area (Å²) in [6, 6.07) is 0. The molecule has 0 radical (unpaired) electrons. The van der Waals surface area contributed by atoms with E-state index < -0.39 is 0 Å². The van der Waals surface area contributed by atoms with Crippen molar-refractivity contribution in [3.63, 3.8) is 0 Å². The first-order chi connectivity index (χ1) is 4.22. The van der Waals surface area contributed by atoms with Gasteiger partial charge < -0.3 is 11.1 Å². The van der Waals surface area contributed by atoms with Gasteiger partial charge in [0.15, 0.2) is 0 Å². The van der Waals surface area contributed by atoms with E-state index in [2.05, 4.69) is 11.9 Å². The number of hydrogen-bond donors (Lipinski definition) is 2. The lowest BCUT2D eigenvalue weighted by Gasteiger charge is -1.99. The van der Waals surface area contributed by atoms with Crippen LogP contribution in [0.3, 0.4) is 0 Å². The maximum absolute atomic E-state index is 10.6. The zero-order chi connectivity index (χ0) is 7.28. The van der Waals surface area contributed by atoms with Gasteiger partial charge in [0.2, 0.25) is 5.91 Å². The molecule has 1 amide bonds. The molecule has 3 nitrogen and oxygen atoms in total. The molecule has 0 aromatic heterocycles. The molecule has 0 spiro atoms. The van der Waals surface area contributed by atoms with E-state index in [-0.39, 0.29) is 5.91 Å². The molecule has 0 aromatic carbocycles. The summed E-state index contributed by atoms with van der Waals surface area (Å²) in [7, 11) is 1.57. The Morgan fingerprint density at radius 3 is 2.67 bits per heavy atom. The van der Waals surface area contributed by atoms with Gasteiger partial charge in [-0.1, -0.05) is 6.58 Å². The van der Waals surface area contributed by atoms with E-state index in [0.29, 0.717) is 18.5 Å². The second-order valence-electron chi connectivity index (χ2n) is 1.72. The fourth-order valence-corrected chi connectivity index (χ4v) is 0.465. The third kappa shape index (κ3) is 2.87. The van der Waals surface area contributed by atoms with Gasteiger partial charge in [0.05, 0.1) is 0 Å². The van der Waals surface area contributed by atoms with E-state index >= 15 is 0 Å².